The second-order valence-corrected chi connectivity index (χ2v) is 10.2. The van der Waals surface area contributed by atoms with Gasteiger partial charge in [-0.3, -0.25) is 0 Å². The van der Waals surface area contributed by atoms with E-state index in [1.54, 1.807) is 0 Å². The predicted octanol–water partition coefficient (Wildman–Crippen LogP) is 3.83. The quantitative estimate of drug-likeness (QED) is 0.526. The van der Waals surface area contributed by atoms with E-state index in [9.17, 15) is 23.7 Å². The fourth-order valence-electron chi connectivity index (χ4n) is 4.17. The van der Waals surface area contributed by atoms with Crippen molar-refractivity contribution in [1.82, 2.24) is 0 Å². The number of phenolic OH excluding ortho intramolecular Hbond substituents is 1. The zero-order valence-electron chi connectivity index (χ0n) is 17.9. The molecule has 6 heteroatoms. The summed E-state index contributed by atoms with van der Waals surface area (Å²) in [5.74, 6) is 0.254. The highest BCUT2D eigenvalue weighted by Crippen LogP contribution is 2.34. The van der Waals surface area contributed by atoms with Gasteiger partial charge in [0.1, 0.15) is 11.0 Å². The molecule has 2 rings (SSSR count). The number of sulfone groups is 1. The number of aryl methyl sites for hydroxylation is 2. The molecule has 1 aliphatic rings. The molecule has 0 spiro atoms. The summed E-state index contributed by atoms with van der Waals surface area (Å²) in [4.78, 5) is 0. The molecule has 0 amide bonds. The van der Waals surface area contributed by atoms with Crippen LogP contribution in [-0.2, 0) is 9.84 Å². The largest absolute Gasteiger partial charge is 0.507 e. The Morgan fingerprint density at radius 1 is 1.24 bits per heavy atom. The van der Waals surface area contributed by atoms with Crippen LogP contribution in [-0.4, -0.2) is 47.5 Å². The molecule has 0 unspecified atom stereocenters. The summed E-state index contributed by atoms with van der Waals surface area (Å²) >= 11 is 0. The van der Waals surface area contributed by atoms with Gasteiger partial charge in [0, 0.05) is 0 Å². The van der Waals surface area contributed by atoms with Crippen molar-refractivity contribution < 1.29 is 23.7 Å². The van der Waals surface area contributed by atoms with E-state index in [1.807, 2.05) is 32.9 Å². The second-order valence-electron chi connectivity index (χ2n) is 8.00. The van der Waals surface area contributed by atoms with Gasteiger partial charge in [-0.1, -0.05) is 37.5 Å². The lowest BCUT2D eigenvalue weighted by Gasteiger charge is -2.19. The number of benzene rings is 1. The number of aliphatic hydroxyl groups is 2. The van der Waals surface area contributed by atoms with E-state index in [-0.39, 0.29) is 5.75 Å². The fourth-order valence-corrected chi connectivity index (χ4v) is 6.10. The first-order valence-electron chi connectivity index (χ1n) is 10.4. The van der Waals surface area contributed by atoms with Crippen molar-refractivity contribution in [3.05, 3.63) is 45.5 Å². The molecule has 0 fully saturated rings. The Bertz CT molecular complexity index is 873. The molecule has 0 saturated heterocycles. The van der Waals surface area contributed by atoms with Gasteiger partial charge in [0.2, 0.25) is 0 Å². The standard InChI is InChI=1S/C23H34O5S/c1-5-7-19-14-29(27,28)21(13-24)22(19)20(25)9-8-17(6-2)12-18-10-15(3)23(26)16(4)11-18/h10-12,20-21,24-26H,5-9,13-14H2,1-4H3/b17-12+/t20-,21+/m1/s1. The number of rotatable bonds is 9. The molecule has 0 aromatic heterocycles. The Morgan fingerprint density at radius 2 is 1.86 bits per heavy atom. The van der Waals surface area contributed by atoms with Crippen LogP contribution in [0.1, 0.15) is 62.6 Å². The summed E-state index contributed by atoms with van der Waals surface area (Å²) in [6, 6.07) is 3.86. The average molecular weight is 423 g/mol. The molecule has 2 atom stereocenters. The molecule has 0 aliphatic carbocycles. The second kappa shape index (κ2) is 9.92. The van der Waals surface area contributed by atoms with Gasteiger partial charge in [-0.05, 0) is 73.9 Å². The van der Waals surface area contributed by atoms with Gasteiger partial charge in [-0.2, -0.15) is 0 Å². The maximum absolute atomic E-state index is 12.4. The third-order valence-electron chi connectivity index (χ3n) is 5.72. The topological polar surface area (TPSA) is 94.8 Å². The summed E-state index contributed by atoms with van der Waals surface area (Å²) in [6.45, 7) is 7.29. The summed E-state index contributed by atoms with van der Waals surface area (Å²) in [5.41, 5.74) is 5.08. The minimum absolute atomic E-state index is 0.0546. The third kappa shape index (κ3) is 5.50. The van der Waals surface area contributed by atoms with Gasteiger partial charge >= 0.3 is 0 Å². The lowest BCUT2D eigenvalue weighted by atomic mass is 9.92. The molecule has 5 nitrogen and oxygen atoms in total. The fraction of sp³-hybridized carbons (Fsp3) is 0.565. The molecule has 1 heterocycles. The van der Waals surface area contributed by atoms with E-state index in [0.717, 1.165) is 40.7 Å². The SMILES string of the molecule is CCCC1=C([C@H](O)CC/C(=C/c2cc(C)c(O)c(C)c2)CC)[C@H](CO)S(=O)(=O)C1. The molecule has 1 aliphatic heterocycles. The van der Waals surface area contributed by atoms with Gasteiger partial charge in [0.15, 0.2) is 9.84 Å². The number of phenols is 1. The zero-order valence-corrected chi connectivity index (χ0v) is 18.7. The predicted molar refractivity (Wildman–Crippen MR) is 118 cm³/mol. The van der Waals surface area contributed by atoms with Gasteiger partial charge in [0.05, 0.1) is 18.5 Å². The third-order valence-corrected chi connectivity index (χ3v) is 7.74. The van der Waals surface area contributed by atoms with Gasteiger partial charge in [-0.25, -0.2) is 8.42 Å². The lowest BCUT2D eigenvalue weighted by molar-refractivity contribution is 0.188. The number of aromatic hydroxyl groups is 1. The Kier molecular flexibility index (Phi) is 8.09. The molecule has 29 heavy (non-hydrogen) atoms. The molecule has 162 valence electrons. The minimum atomic E-state index is -3.43. The van der Waals surface area contributed by atoms with Crippen molar-refractivity contribution in [1.29, 1.82) is 0 Å². The van der Waals surface area contributed by atoms with Crippen LogP contribution < -0.4 is 0 Å². The first-order chi connectivity index (χ1) is 13.6. The highest BCUT2D eigenvalue weighted by molar-refractivity contribution is 7.92. The van der Waals surface area contributed by atoms with Gasteiger partial charge in [0.25, 0.3) is 0 Å². The molecule has 3 N–H and O–H groups in total. The summed E-state index contributed by atoms with van der Waals surface area (Å²) in [6.07, 6.45) is 4.51. The highest BCUT2D eigenvalue weighted by atomic mass is 32.2. The number of hydrogen-bond acceptors (Lipinski definition) is 5. The van der Waals surface area contributed by atoms with Crippen molar-refractivity contribution in [3.8, 4) is 5.75 Å². The first kappa shape index (κ1) is 23.6. The first-order valence-corrected chi connectivity index (χ1v) is 12.1. The lowest BCUT2D eigenvalue weighted by Crippen LogP contribution is -2.29. The molecule has 1 aromatic rings. The number of hydrogen-bond donors (Lipinski definition) is 3. The van der Waals surface area contributed by atoms with E-state index in [1.165, 1.54) is 0 Å². The average Bonchev–Trinajstić information content (AvgIpc) is 2.92. The Hall–Kier alpha value is -1.63. The van der Waals surface area contributed by atoms with E-state index >= 15 is 0 Å². The number of aliphatic hydroxyl groups excluding tert-OH is 2. The van der Waals surface area contributed by atoms with Crippen LogP contribution >= 0.6 is 0 Å². The van der Waals surface area contributed by atoms with Crippen LogP contribution in [0.3, 0.4) is 0 Å². The maximum atomic E-state index is 12.4. The van der Waals surface area contributed by atoms with Crippen LogP contribution in [0.15, 0.2) is 28.9 Å². The van der Waals surface area contributed by atoms with Gasteiger partial charge < -0.3 is 15.3 Å². The Balaban J connectivity index is 2.20. The van der Waals surface area contributed by atoms with Crippen molar-refractivity contribution in [2.75, 3.05) is 12.4 Å². The Labute approximate surface area is 174 Å². The molecule has 1 aromatic carbocycles. The monoisotopic (exact) mass is 422 g/mol. The van der Waals surface area contributed by atoms with Crippen molar-refractivity contribution in [2.45, 2.75) is 71.2 Å². The van der Waals surface area contributed by atoms with E-state index in [0.29, 0.717) is 30.6 Å². The number of allylic oxidation sites excluding steroid dienone is 1. The van der Waals surface area contributed by atoms with Crippen molar-refractivity contribution in [2.24, 2.45) is 0 Å². The van der Waals surface area contributed by atoms with Crippen LogP contribution in [0.2, 0.25) is 0 Å². The highest BCUT2D eigenvalue weighted by Gasteiger charge is 2.40. The summed E-state index contributed by atoms with van der Waals surface area (Å²) in [5, 5.41) is 29.4. The zero-order chi connectivity index (χ0) is 21.8. The molecule has 0 bridgehead atoms. The molecule has 0 saturated carbocycles. The summed E-state index contributed by atoms with van der Waals surface area (Å²) in [7, 11) is -3.43. The van der Waals surface area contributed by atoms with Crippen molar-refractivity contribution >= 4 is 15.9 Å². The Morgan fingerprint density at radius 3 is 2.38 bits per heavy atom. The van der Waals surface area contributed by atoms with Crippen molar-refractivity contribution in [3.63, 3.8) is 0 Å². The van der Waals surface area contributed by atoms with Gasteiger partial charge in [-0.15, -0.1) is 0 Å². The molecular weight excluding hydrogens is 388 g/mol. The van der Waals surface area contributed by atoms with Crippen LogP contribution in [0, 0.1) is 13.8 Å². The van der Waals surface area contributed by atoms with E-state index in [2.05, 4.69) is 13.0 Å². The normalized spacial score (nSPS) is 20.3. The van der Waals surface area contributed by atoms with Crippen LogP contribution in [0.4, 0.5) is 0 Å². The van der Waals surface area contributed by atoms with Crippen LogP contribution in [0.25, 0.3) is 6.08 Å². The maximum Gasteiger partial charge on any atom is 0.163 e. The van der Waals surface area contributed by atoms with E-state index < -0.39 is 27.8 Å². The smallest absolute Gasteiger partial charge is 0.163 e. The molecule has 0 radical (unpaired) electrons. The van der Waals surface area contributed by atoms with E-state index in [4.69, 9.17) is 0 Å². The summed E-state index contributed by atoms with van der Waals surface area (Å²) < 4.78 is 24.8. The minimum Gasteiger partial charge on any atom is -0.507 e. The molecular formula is C23H34O5S. The van der Waals surface area contributed by atoms with Crippen LogP contribution in [0.5, 0.6) is 5.75 Å².